The quantitative estimate of drug-likeness (QED) is 0.668. The van der Waals surface area contributed by atoms with Crippen molar-refractivity contribution >= 4 is 10.9 Å². The monoisotopic (exact) mass is 203 g/mol. The Balaban J connectivity index is 3.10. The van der Waals surface area contributed by atoms with Crippen molar-refractivity contribution in [2.75, 3.05) is 0 Å². The number of aromatic amines is 1. The van der Waals surface area contributed by atoms with Crippen molar-refractivity contribution in [2.24, 2.45) is 0 Å². The second-order valence-corrected chi connectivity index (χ2v) is 3.40. The molecule has 76 valence electrons. The van der Waals surface area contributed by atoms with E-state index in [1.165, 1.54) is 0 Å². The van der Waals surface area contributed by atoms with Gasteiger partial charge in [-0.15, -0.1) is 0 Å². The first-order valence-electron chi connectivity index (χ1n) is 4.45. The SMILES string of the molecule is Cc1ccc2[nH]c(=O)c(O)cc(=O)c2c1. The van der Waals surface area contributed by atoms with E-state index >= 15 is 0 Å². The van der Waals surface area contributed by atoms with Gasteiger partial charge in [0.25, 0.3) is 5.56 Å². The number of aryl methyl sites for hydroxylation is 1. The van der Waals surface area contributed by atoms with Crippen molar-refractivity contribution in [3.63, 3.8) is 0 Å². The second-order valence-electron chi connectivity index (χ2n) is 3.40. The number of benzene rings is 1. The third-order valence-corrected chi connectivity index (χ3v) is 2.19. The molecule has 0 atom stereocenters. The van der Waals surface area contributed by atoms with Crippen LogP contribution in [0, 0.1) is 6.92 Å². The van der Waals surface area contributed by atoms with Crippen LogP contribution in [-0.2, 0) is 0 Å². The number of fused-ring (bicyclic) bond motifs is 1. The van der Waals surface area contributed by atoms with Gasteiger partial charge in [0, 0.05) is 11.5 Å². The molecule has 1 aromatic heterocycles. The van der Waals surface area contributed by atoms with Crippen LogP contribution in [0.4, 0.5) is 0 Å². The number of aromatic nitrogens is 1. The molecule has 1 aromatic carbocycles. The smallest absolute Gasteiger partial charge is 0.290 e. The molecule has 0 fully saturated rings. The lowest BCUT2D eigenvalue weighted by molar-refractivity contribution is 0.468. The molecule has 0 unspecified atom stereocenters. The molecule has 0 radical (unpaired) electrons. The van der Waals surface area contributed by atoms with Gasteiger partial charge in [0.05, 0.1) is 5.52 Å². The van der Waals surface area contributed by atoms with Crippen LogP contribution in [0.1, 0.15) is 5.56 Å². The molecule has 2 rings (SSSR count). The Labute approximate surface area is 84.8 Å². The average molecular weight is 203 g/mol. The number of aromatic hydroxyl groups is 1. The Morgan fingerprint density at radius 1 is 1.20 bits per heavy atom. The van der Waals surface area contributed by atoms with E-state index in [4.69, 9.17) is 0 Å². The van der Waals surface area contributed by atoms with E-state index in [1.54, 1.807) is 18.2 Å². The maximum atomic E-state index is 11.6. The summed E-state index contributed by atoms with van der Waals surface area (Å²) in [5.74, 6) is -0.561. The summed E-state index contributed by atoms with van der Waals surface area (Å²) in [5, 5.41) is 9.59. The van der Waals surface area contributed by atoms with Gasteiger partial charge < -0.3 is 10.1 Å². The highest BCUT2D eigenvalue weighted by atomic mass is 16.3. The molecule has 2 N–H and O–H groups in total. The van der Waals surface area contributed by atoms with E-state index in [2.05, 4.69) is 4.98 Å². The summed E-state index contributed by atoms with van der Waals surface area (Å²) in [6.07, 6.45) is 0. The summed E-state index contributed by atoms with van der Waals surface area (Å²) in [6.45, 7) is 1.85. The summed E-state index contributed by atoms with van der Waals surface area (Å²) in [5.41, 5.74) is 0.317. The Bertz CT molecular complexity index is 643. The molecule has 0 aliphatic rings. The molecule has 0 spiro atoms. The third-order valence-electron chi connectivity index (χ3n) is 2.19. The zero-order valence-electron chi connectivity index (χ0n) is 8.07. The molecule has 15 heavy (non-hydrogen) atoms. The molecule has 0 aliphatic carbocycles. The lowest BCUT2D eigenvalue weighted by atomic mass is 10.1. The highest BCUT2D eigenvalue weighted by Gasteiger charge is 2.01. The number of rotatable bonds is 0. The van der Waals surface area contributed by atoms with Crippen LogP contribution in [0.25, 0.3) is 10.9 Å². The van der Waals surface area contributed by atoms with Gasteiger partial charge >= 0.3 is 0 Å². The molecule has 2 aromatic rings. The molecule has 0 saturated carbocycles. The predicted octanol–water partition coefficient (Wildman–Crippen LogP) is 0.902. The standard InChI is InChI=1S/C11H9NO3/c1-6-2-3-8-7(4-6)9(13)5-10(14)11(15)12-8/h2-5,14H,1H3,(H,12,15). The van der Waals surface area contributed by atoms with Crippen molar-refractivity contribution in [3.8, 4) is 5.75 Å². The molecular formula is C11H9NO3. The second kappa shape index (κ2) is 3.24. The number of hydrogen-bond donors (Lipinski definition) is 2. The number of hydrogen-bond acceptors (Lipinski definition) is 3. The minimum absolute atomic E-state index is 0.371. The van der Waals surface area contributed by atoms with Crippen molar-refractivity contribution in [2.45, 2.75) is 6.92 Å². The molecule has 0 bridgehead atoms. The van der Waals surface area contributed by atoms with Crippen molar-refractivity contribution in [1.82, 2.24) is 4.98 Å². The molecule has 0 amide bonds. The van der Waals surface area contributed by atoms with E-state index < -0.39 is 11.3 Å². The fourth-order valence-electron chi connectivity index (χ4n) is 1.42. The Hall–Kier alpha value is -2.10. The van der Waals surface area contributed by atoms with E-state index in [-0.39, 0.29) is 5.43 Å². The van der Waals surface area contributed by atoms with Crippen molar-refractivity contribution < 1.29 is 5.11 Å². The highest BCUT2D eigenvalue weighted by Crippen LogP contribution is 2.08. The normalized spacial score (nSPS) is 10.5. The van der Waals surface area contributed by atoms with Gasteiger partial charge in [0.1, 0.15) is 0 Å². The third kappa shape index (κ3) is 1.61. The Morgan fingerprint density at radius 3 is 2.67 bits per heavy atom. The summed E-state index contributed by atoms with van der Waals surface area (Å²) >= 11 is 0. The first-order chi connectivity index (χ1) is 7.08. The average Bonchev–Trinajstić information content (AvgIpc) is 2.28. The first kappa shape index (κ1) is 9.45. The fraction of sp³-hybridized carbons (Fsp3) is 0.0909. The van der Waals surface area contributed by atoms with Gasteiger partial charge in [-0.2, -0.15) is 0 Å². The van der Waals surface area contributed by atoms with Gasteiger partial charge in [-0.3, -0.25) is 9.59 Å². The predicted molar refractivity (Wildman–Crippen MR) is 57.2 cm³/mol. The van der Waals surface area contributed by atoms with Crippen molar-refractivity contribution in [3.05, 3.63) is 50.4 Å². The first-order valence-corrected chi connectivity index (χ1v) is 4.45. The van der Waals surface area contributed by atoms with Crippen LogP contribution in [-0.4, -0.2) is 10.1 Å². The van der Waals surface area contributed by atoms with E-state index in [1.807, 2.05) is 6.92 Å². The van der Waals surface area contributed by atoms with E-state index in [9.17, 15) is 14.7 Å². The van der Waals surface area contributed by atoms with Gasteiger partial charge in [0.2, 0.25) is 0 Å². The van der Waals surface area contributed by atoms with Gasteiger partial charge in [0.15, 0.2) is 11.2 Å². The van der Waals surface area contributed by atoms with Gasteiger partial charge in [-0.1, -0.05) is 11.6 Å². The minimum Gasteiger partial charge on any atom is -0.503 e. The van der Waals surface area contributed by atoms with Crippen molar-refractivity contribution in [1.29, 1.82) is 0 Å². The molecule has 4 heteroatoms. The molecule has 1 heterocycles. The van der Waals surface area contributed by atoms with Crippen LogP contribution in [0.2, 0.25) is 0 Å². The summed E-state index contributed by atoms with van der Waals surface area (Å²) in [7, 11) is 0. The highest BCUT2D eigenvalue weighted by molar-refractivity contribution is 5.78. The Morgan fingerprint density at radius 2 is 1.93 bits per heavy atom. The Kier molecular flexibility index (Phi) is 2.04. The van der Waals surface area contributed by atoms with Crippen LogP contribution in [0.3, 0.4) is 0 Å². The topological polar surface area (TPSA) is 70.2 Å². The lowest BCUT2D eigenvalue weighted by Crippen LogP contribution is -2.00. The number of nitrogens with one attached hydrogen (secondary N) is 1. The lowest BCUT2D eigenvalue weighted by Gasteiger charge is -1.92. The van der Waals surface area contributed by atoms with Gasteiger partial charge in [-0.05, 0) is 19.1 Å². The summed E-state index contributed by atoms with van der Waals surface area (Å²) in [4.78, 5) is 25.3. The van der Waals surface area contributed by atoms with E-state index in [0.717, 1.165) is 11.6 Å². The maximum Gasteiger partial charge on any atom is 0.290 e. The fourth-order valence-corrected chi connectivity index (χ4v) is 1.42. The zero-order valence-corrected chi connectivity index (χ0v) is 8.07. The molecule has 4 nitrogen and oxygen atoms in total. The molecular weight excluding hydrogens is 194 g/mol. The maximum absolute atomic E-state index is 11.6. The minimum atomic E-state index is -0.661. The van der Waals surface area contributed by atoms with E-state index in [0.29, 0.717) is 10.9 Å². The molecule has 0 saturated heterocycles. The largest absolute Gasteiger partial charge is 0.503 e. The number of H-pyrrole nitrogens is 1. The van der Waals surface area contributed by atoms with Crippen LogP contribution < -0.4 is 11.0 Å². The van der Waals surface area contributed by atoms with Crippen LogP contribution in [0.15, 0.2) is 33.9 Å². The van der Waals surface area contributed by atoms with Crippen LogP contribution >= 0.6 is 0 Å². The summed E-state index contributed by atoms with van der Waals surface area (Å²) < 4.78 is 0. The zero-order chi connectivity index (χ0) is 11.0. The summed E-state index contributed by atoms with van der Waals surface area (Å²) in [6, 6.07) is 6.04. The molecule has 0 aliphatic heterocycles. The van der Waals surface area contributed by atoms with Crippen LogP contribution in [0.5, 0.6) is 5.75 Å². The van der Waals surface area contributed by atoms with Gasteiger partial charge in [-0.25, -0.2) is 0 Å².